The molecule has 16 heavy (non-hydrogen) atoms. The second kappa shape index (κ2) is 6.04. The number of thiol groups is 1. The molecule has 90 valence electrons. The van der Waals surface area contributed by atoms with E-state index in [0.717, 1.165) is 18.0 Å². The smallest absolute Gasteiger partial charge is 0.122 e. The van der Waals surface area contributed by atoms with E-state index in [1.807, 2.05) is 6.07 Å². The lowest BCUT2D eigenvalue weighted by atomic mass is 10.0. The number of anilines is 1. The first-order chi connectivity index (χ1) is 7.60. The summed E-state index contributed by atoms with van der Waals surface area (Å²) in [7, 11) is 3.81. The van der Waals surface area contributed by atoms with E-state index < -0.39 is 0 Å². The van der Waals surface area contributed by atoms with Crippen LogP contribution in [0.25, 0.3) is 0 Å². The zero-order chi connectivity index (χ0) is 12.1. The summed E-state index contributed by atoms with van der Waals surface area (Å²) in [5.74, 6) is 2.30. The first-order valence-electron chi connectivity index (χ1n) is 5.60. The molecule has 1 aromatic rings. The zero-order valence-electron chi connectivity index (χ0n) is 10.5. The Morgan fingerprint density at radius 1 is 1.38 bits per heavy atom. The van der Waals surface area contributed by atoms with Gasteiger partial charge in [-0.2, -0.15) is 12.6 Å². The van der Waals surface area contributed by atoms with Gasteiger partial charge in [-0.15, -0.1) is 0 Å². The summed E-state index contributed by atoms with van der Waals surface area (Å²) in [5, 5.41) is 0. The predicted octanol–water partition coefficient (Wildman–Crippen LogP) is 3.18. The molecule has 0 aliphatic carbocycles. The molecule has 0 unspecified atom stereocenters. The molecule has 0 saturated carbocycles. The lowest BCUT2D eigenvalue weighted by molar-refractivity contribution is 0.407. The Labute approximate surface area is 104 Å². The molecule has 0 spiro atoms. The van der Waals surface area contributed by atoms with Crippen LogP contribution in [0, 0.1) is 0 Å². The fourth-order valence-electron chi connectivity index (χ4n) is 1.69. The number of hydrogen-bond acceptors (Lipinski definition) is 3. The van der Waals surface area contributed by atoms with E-state index >= 15 is 0 Å². The molecular weight excluding hydrogens is 218 g/mol. The molecule has 0 atom stereocenters. The minimum Gasteiger partial charge on any atom is -0.496 e. The number of hydrogen-bond donors (Lipinski definition) is 1. The van der Waals surface area contributed by atoms with Gasteiger partial charge in [0.1, 0.15) is 5.75 Å². The van der Waals surface area contributed by atoms with Crippen LogP contribution in [0.5, 0.6) is 5.75 Å². The summed E-state index contributed by atoms with van der Waals surface area (Å²) in [5.41, 5.74) is 2.48. The third kappa shape index (κ3) is 3.08. The Hall–Kier alpha value is -0.830. The quantitative estimate of drug-likeness (QED) is 0.792. The molecular formula is C13H21NOS. The third-order valence-electron chi connectivity index (χ3n) is 2.71. The number of benzene rings is 1. The number of methoxy groups -OCH3 is 1. The summed E-state index contributed by atoms with van der Waals surface area (Å²) in [6.07, 6.45) is 0. The first-order valence-corrected chi connectivity index (χ1v) is 6.23. The van der Waals surface area contributed by atoms with Crippen LogP contribution in [0.2, 0.25) is 0 Å². The van der Waals surface area contributed by atoms with Gasteiger partial charge in [-0.3, -0.25) is 0 Å². The van der Waals surface area contributed by atoms with E-state index in [2.05, 4.69) is 50.6 Å². The van der Waals surface area contributed by atoms with Crippen LogP contribution in [0.15, 0.2) is 18.2 Å². The Balaban J connectivity index is 3.01. The van der Waals surface area contributed by atoms with Crippen LogP contribution in [-0.4, -0.2) is 26.5 Å². The second-order valence-corrected chi connectivity index (χ2v) is 4.67. The molecule has 1 rings (SSSR count). The van der Waals surface area contributed by atoms with Gasteiger partial charge in [-0.25, -0.2) is 0 Å². The van der Waals surface area contributed by atoms with Crippen LogP contribution in [-0.2, 0) is 0 Å². The standard InChI is InChI=1S/C13H21NOS/c1-10(2)12-9-11(14(3)7-8-16)5-6-13(12)15-4/h5-6,9-10,16H,7-8H2,1-4H3. The summed E-state index contributed by atoms with van der Waals surface area (Å²) in [6.45, 7) is 5.31. The molecule has 0 bridgehead atoms. The van der Waals surface area contributed by atoms with Gasteiger partial charge >= 0.3 is 0 Å². The average Bonchev–Trinajstić information content (AvgIpc) is 2.28. The van der Waals surface area contributed by atoms with E-state index in [4.69, 9.17) is 4.74 Å². The molecule has 0 saturated heterocycles. The molecule has 0 N–H and O–H groups in total. The summed E-state index contributed by atoms with van der Waals surface area (Å²) < 4.78 is 5.37. The van der Waals surface area contributed by atoms with Crippen molar-refractivity contribution in [2.24, 2.45) is 0 Å². The van der Waals surface area contributed by atoms with Crippen LogP contribution >= 0.6 is 12.6 Å². The molecule has 1 aromatic carbocycles. The first kappa shape index (κ1) is 13.2. The fourth-order valence-corrected chi connectivity index (χ4v) is 1.99. The number of rotatable bonds is 5. The third-order valence-corrected chi connectivity index (χ3v) is 2.91. The summed E-state index contributed by atoms with van der Waals surface area (Å²) >= 11 is 4.25. The number of nitrogens with zero attached hydrogens (tertiary/aromatic N) is 1. The zero-order valence-corrected chi connectivity index (χ0v) is 11.4. The second-order valence-electron chi connectivity index (χ2n) is 4.23. The van der Waals surface area contributed by atoms with Crippen molar-refractivity contribution in [3.8, 4) is 5.75 Å². The van der Waals surface area contributed by atoms with Crippen molar-refractivity contribution in [2.45, 2.75) is 19.8 Å². The molecule has 2 nitrogen and oxygen atoms in total. The largest absolute Gasteiger partial charge is 0.496 e. The molecule has 0 fully saturated rings. The monoisotopic (exact) mass is 239 g/mol. The lowest BCUT2D eigenvalue weighted by Crippen LogP contribution is -2.19. The Morgan fingerprint density at radius 3 is 2.56 bits per heavy atom. The van der Waals surface area contributed by atoms with Gasteiger partial charge in [0, 0.05) is 25.0 Å². The van der Waals surface area contributed by atoms with Gasteiger partial charge in [0.15, 0.2) is 0 Å². The van der Waals surface area contributed by atoms with Crippen LogP contribution < -0.4 is 9.64 Å². The van der Waals surface area contributed by atoms with E-state index in [-0.39, 0.29) is 0 Å². The number of ether oxygens (including phenoxy) is 1. The highest BCUT2D eigenvalue weighted by molar-refractivity contribution is 7.80. The summed E-state index contributed by atoms with van der Waals surface area (Å²) in [4.78, 5) is 2.21. The molecule has 0 aliphatic heterocycles. The Bertz CT molecular complexity index is 339. The van der Waals surface area contributed by atoms with Crippen molar-refractivity contribution in [1.82, 2.24) is 0 Å². The van der Waals surface area contributed by atoms with Crippen LogP contribution in [0.4, 0.5) is 5.69 Å². The fraction of sp³-hybridized carbons (Fsp3) is 0.538. The molecule has 0 heterocycles. The molecule has 3 heteroatoms. The Morgan fingerprint density at radius 2 is 2.06 bits per heavy atom. The average molecular weight is 239 g/mol. The van der Waals surface area contributed by atoms with E-state index in [1.165, 1.54) is 11.3 Å². The van der Waals surface area contributed by atoms with Crippen molar-refractivity contribution < 1.29 is 4.74 Å². The normalized spacial score (nSPS) is 10.6. The van der Waals surface area contributed by atoms with Gasteiger partial charge in [-0.1, -0.05) is 13.8 Å². The van der Waals surface area contributed by atoms with Gasteiger partial charge in [-0.05, 0) is 29.7 Å². The summed E-state index contributed by atoms with van der Waals surface area (Å²) in [6, 6.07) is 6.33. The van der Waals surface area contributed by atoms with Crippen molar-refractivity contribution in [2.75, 3.05) is 31.4 Å². The van der Waals surface area contributed by atoms with Gasteiger partial charge < -0.3 is 9.64 Å². The van der Waals surface area contributed by atoms with E-state index in [1.54, 1.807) is 7.11 Å². The highest BCUT2D eigenvalue weighted by Gasteiger charge is 2.09. The van der Waals surface area contributed by atoms with Crippen LogP contribution in [0.1, 0.15) is 25.3 Å². The maximum atomic E-state index is 5.37. The molecule has 0 aliphatic rings. The van der Waals surface area contributed by atoms with Crippen molar-refractivity contribution >= 4 is 18.3 Å². The molecule has 0 aromatic heterocycles. The minimum absolute atomic E-state index is 0.472. The highest BCUT2D eigenvalue weighted by Crippen LogP contribution is 2.30. The van der Waals surface area contributed by atoms with E-state index in [9.17, 15) is 0 Å². The maximum Gasteiger partial charge on any atom is 0.122 e. The predicted molar refractivity (Wildman–Crippen MR) is 74.2 cm³/mol. The van der Waals surface area contributed by atoms with E-state index in [0.29, 0.717) is 5.92 Å². The molecule has 0 amide bonds. The topological polar surface area (TPSA) is 12.5 Å². The lowest BCUT2D eigenvalue weighted by Gasteiger charge is -2.21. The van der Waals surface area contributed by atoms with Gasteiger partial charge in [0.05, 0.1) is 7.11 Å². The van der Waals surface area contributed by atoms with Gasteiger partial charge in [0.25, 0.3) is 0 Å². The Kier molecular flexibility index (Phi) is 5.00. The highest BCUT2D eigenvalue weighted by atomic mass is 32.1. The van der Waals surface area contributed by atoms with Crippen molar-refractivity contribution in [3.63, 3.8) is 0 Å². The minimum atomic E-state index is 0.472. The van der Waals surface area contributed by atoms with Gasteiger partial charge in [0.2, 0.25) is 0 Å². The van der Waals surface area contributed by atoms with Crippen molar-refractivity contribution in [3.05, 3.63) is 23.8 Å². The maximum absolute atomic E-state index is 5.37. The SMILES string of the molecule is COc1ccc(N(C)CCS)cc1C(C)C. The molecule has 0 radical (unpaired) electrons. The van der Waals surface area contributed by atoms with Crippen LogP contribution in [0.3, 0.4) is 0 Å². The van der Waals surface area contributed by atoms with Crippen molar-refractivity contribution in [1.29, 1.82) is 0 Å².